The molecule has 3 aromatic rings. The number of hydrogen-bond donors (Lipinski definition) is 1. The van der Waals surface area contributed by atoms with Gasteiger partial charge in [-0.3, -0.25) is 4.79 Å². The summed E-state index contributed by atoms with van der Waals surface area (Å²) in [6.07, 6.45) is 2.71. The van der Waals surface area contributed by atoms with Crippen LogP contribution in [0.2, 0.25) is 0 Å². The van der Waals surface area contributed by atoms with Gasteiger partial charge in [0.2, 0.25) is 5.95 Å². The third-order valence-electron chi connectivity index (χ3n) is 5.86. The summed E-state index contributed by atoms with van der Waals surface area (Å²) in [6.45, 7) is 0. The molecule has 0 spiro atoms. The van der Waals surface area contributed by atoms with Crippen molar-refractivity contribution in [2.45, 2.75) is 24.8 Å². The van der Waals surface area contributed by atoms with Crippen LogP contribution in [0.25, 0.3) is 0 Å². The SMILES string of the molecule is COc1ccc([C@@H]2CC(=O)C3=C(C2)Nc2ncnn2[C@@H]3c2cccc(OC)c2)cc1. The topological polar surface area (TPSA) is 78.3 Å². The molecule has 0 amide bonds. The van der Waals surface area contributed by atoms with Crippen LogP contribution in [0.4, 0.5) is 5.95 Å². The highest BCUT2D eigenvalue weighted by Gasteiger charge is 2.39. The molecule has 1 aliphatic carbocycles. The van der Waals surface area contributed by atoms with Crippen molar-refractivity contribution in [1.29, 1.82) is 0 Å². The summed E-state index contributed by atoms with van der Waals surface area (Å²) in [4.78, 5) is 17.7. The van der Waals surface area contributed by atoms with Crippen LogP contribution < -0.4 is 14.8 Å². The molecule has 30 heavy (non-hydrogen) atoms. The molecule has 1 aliphatic heterocycles. The monoisotopic (exact) mass is 402 g/mol. The lowest BCUT2D eigenvalue weighted by atomic mass is 9.78. The van der Waals surface area contributed by atoms with Crippen molar-refractivity contribution >= 4 is 11.7 Å². The zero-order valence-corrected chi connectivity index (χ0v) is 16.8. The number of nitrogens with zero attached hydrogens (tertiary/aromatic N) is 3. The molecule has 152 valence electrons. The predicted octanol–water partition coefficient (Wildman–Crippen LogP) is 3.71. The number of carbonyl (C=O) groups excluding carboxylic acids is 1. The first-order chi connectivity index (χ1) is 14.7. The lowest BCUT2D eigenvalue weighted by molar-refractivity contribution is -0.116. The van der Waals surface area contributed by atoms with Gasteiger partial charge in [-0.1, -0.05) is 24.3 Å². The molecule has 2 aromatic carbocycles. The molecule has 0 saturated carbocycles. The number of anilines is 1. The Kier molecular flexibility index (Phi) is 4.50. The van der Waals surface area contributed by atoms with Crippen LogP contribution in [-0.4, -0.2) is 34.8 Å². The highest BCUT2D eigenvalue weighted by atomic mass is 16.5. The molecule has 0 bridgehead atoms. The number of rotatable bonds is 4. The van der Waals surface area contributed by atoms with E-state index in [2.05, 4.69) is 15.4 Å². The summed E-state index contributed by atoms with van der Waals surface area (Å²) >= 11 is 0. The lowest BCUT2D eigenvalue weighted by Gasteiger charge is -2.35. The fraction of sp³-hybridized carbons (Fsp3) is 0.261. The van der Waals surface area contributed by atoms with E-state index in [0.29, 0.717) is 12.4 Å². The van der Waals surface area contributed by atoms with E-state index in [9.17, 15) is 4.79 Å². The van der Waals surface area contributed by atoms with Gasteiger partial charge in [0.1, 0.15) is 23.9 Å². The number of hydrogen-bond acceptors (Lipinski definition) is 6. The van der Waals surface area contributed by atoms with Crippen LogP contribution in [0, 0.1) is 0 Å². The third kappa shape index (κ3) is 3.03. The van der Waals surface area contributed by atoms with E-state index >= 15 is 0 Å². The van der Waals surface area contributed by atoms with Gasteiger partial charge in [0, 0.05) is 17.7 Å². The second-order valence-electron chi connectivity index (χ2n) is 7.53. The van der Waals surface area contributed by atoms with Crippen molar-refractivity contribution in [3.05, 3.63) is 77.3 Å². The number of benzene rings is 2. The van der Waals surface area contributed by atoms with Crippen LogP contribution in [0.1, 0.15) is 35.9 Å². The molecule has 0 saturated heterocycles. The van der Waals surface area contributed by atoms with Gasteiger partial charge in [0.15, 0.2) is 5.78 Å². The number of methoxy groups -OCH3 is 2. The molecule has 2 heterocycles. The minimum atomic E-state index is -0.321. The van der Waals surface area contributed by atoms with E-state index in [0.717, 1.165) is 40.3 Å². The Morgan fingerprint density at radius 3 is 2.57 bits per heavy atom. The van der Waals surface area contributed by atoms with E-state index in [1.807, 2.05) is 48.5 Å². The number of nitrogens with one attached hydrogen (secondary N) is 1. The molecule has 0 unspecified atom stereocenters. The Labute approximate surface area is 174 Å². The van der Waals surface area contributed by atoms with Crippen molar-refractivity contribution < 1.29 is 14.3 Å². The number of fused-ring (bicyclic) bond motifs is 1. The molecule has 7 heteroatoms. The largest absolute Gasteiger partial charge is 0.497 e. The molecule has 2 aliphatic rings. The average Bonchev–Trinajstić information content (AvgIpc) is 3.25. The smallest absolute Gasteiger partial charge is 0.226 e. The summed E-state index contributed by atoms with van der Waals surface area (Å²) in [5.74, 6) is 2.43. The summed E-state index contributed by atoms with van der Waals surface area (Å²) < 4.78 is 12.4. The average molecular weight is 402 g/mol. The van der Waals surface area contributed by atoms with Gasteiger partial charge in [-0.15, -0.1) is 0 Å². The van der Waals surface area contributed by atoms with E-state index in [4.69, 9.17) is 9.47 Å². The minimum absolute atomic E-state index is 0.107. The van der Waals surface area contributed by atoms with Crippen molar-refractivity contribution in [2.75, 3.05) is 19.5 Å². The highest BCUT2D eigenvalue weighted by molar-refractivity contribution is 6.00. The quantitative estimate of drug-likeness (QED) is 0.717. The van der Waals surface area contributed by atoms with Gasteiger partial charge in [-0.25, -0.2) is 4.68 Å². The van der Waals surface area contributed by atoms with E-state index in [-0.39, 0.29) is 17.7 Å². The Balaban J connectivity index is 1.56. The second-order valence-corrected chi connectivity index (χ2v) is 7.53. The van der Waals surface area contributed by atoms with Crippen molar-refractivity contribution in [3.63, 3.8) is 0 Å². The second kappa shape index (κ2) is 7.33. The normalized spacial score (nSPS) is 20.3. The molecular weight excluding hydrogens is 380 g/mol. The van der Waals surface area contributed by atoms with Crippen LogP contribution >= 0.6 is 0 Å². The maximum Gasteiger partial charge on any atom is 0.226 e. The maximum atomic E-state index is 13.4. The minimum Gasteiger partial charge on any atom is -0.497 e. The van der Waals surface area contributed by atoms with Crippen LogP contribution in [-0.2, 0) is 4.79 Å². The van der Waals surface area contributed by atoms with Crippen molar-refractivity contribution in [1.82, 2.24) is 14.8 Å². The number of ether oxygens (including phenoxy) is 2. The molecule has 0 radical (unpaired) electrons. The van der Waals surface area contributed by atoms with E-state index < -0.39 is 0 Å². The van der Waals surface area contributed by atoms with E-state index in [1.165, 1.54) is 6.33 Å². The first-order valence-corrected chi connectivity index (χ1v) is 9.88. The fourth-order valence-electron chi connectivity index (χ4n) is 4.38. The third-order valence-corrected chi connectivity index (χ3v) is 5.86. The van der Waals surface area contributed by atoms with Crippen LogP contribution in [0.3, 0.4) is 0 Å². The van der Waals surface area contributed by atoms with Gasteiger partial charge < -0.3 is 14.8 Å². The summed E-state index contributed by atoms with van der Waals surface area (Å²) in [5, 5.41) is 7.75. The number of Topliss-reactive ketones (excluding diaryl/α,β-unsaturated/α-hetero) is 1. The number of carbonyl (C=O) groups is 1. The van der Waals surface area contributed by atoms with Crippen molar-refractivity contribution in [3.8, 4) is 11.5 Å². The molecule has 0 fully saturated rings. The standard InChI is InChI=1S/C23H22N4O3/c1-29-17-8-6-14(7-9-17)16-11-19-21(20(28)12-16)22(27-23(26-19)24-13-25-27)15-4-3-5-18(10-15)30-2/h3-10,13,16,22H,11-12H2,1-2H3,(H,24,25,26)/t16-,22+/m0/s1. The Morgan fingerprint density at radius 1 is 1.00 bits per heavy atom. The first kappa shape index (κ1) is 18.4. The molecule has 2 atom stereocenters. The summed E-state index contributed by atoms with van der Waals surface area (Å²) in [6, 6.07) is 15.4. The molecule has 1 aromatic heterocycles. The highest BCUT2D eigenvalue weighted by Crippen LogP contribution is 2.44. The van der Waals surface area contributed by atoms with Gasteiger partial charge in [0.25, 0.3) is 0 Å². The zero-order chi connectivity index (χ0) is 20.7. The Hall–Kier alpha value is -3.61. The fourth-order valence-corrected chi connectivity index (χ4v) is 4.38. The summed E-state index contributed by atoms with van der Waals surface area (Å²) in [7, 11) is 3.29. The number of aromatic nitrogens is 3. The Bertz CT molecular complexity index is 1130. The number of allylic oxidation sites excluding steroid dienone is 2. The summed E-state index contributed by atoms with van der Waals surface area (Å²) in [5.41, 5.74) is 3.75. The van der Waals surface area contributed by atoms with Gasteiger partial charge >= 0.3 is 0 Å². The van der Waals surface area contributed by atoms with Gasteiger partial charge in [0.05, 0.1) is 14.2 Å². The van der Waals surface area contributed by atoms with E-state index in [1.54, 1.807) is 18.9 Å². The van der Waals surface area contributed by atoms with Crippen molar-refractivity contribution in [2.24, 2.45) is 0 Å². The number of ketones is 1. The van der Waals surface area contributed by atoms with Crippen LogP contribution in [0.15, 0.2) is 66.1 Å². The zero-order valence-electron chi connectivity index (χ0n) is 16.8. The Morgan fingerprint density at radius 2 is 1.80 bits per heavy atom. The molecule has 1 N–H and O–H groups in total. The molecule has 7 nitrogen and oxygen atoms in total. The molecular formula is C23H22N4O3. The lowest BCUT2D eigenvalue weighted by Crippen LogP contribution is -2.33. The van der Waals surface area contributed by atoms with Gasteiger partial charge in [-0.2, -0.15) is 10.1 Å². The van der Waals surface area contributed by atoms with Crippen LogP contribution in [0.5, 0.6) is 11.5 Å². The van der Waals surface area contributed by atoms with Gasteiger partial charge in [-0.05, 0) is 47.7 Å². The molecule has 5 rings (SSSR count). The predicted molar refractivity (Wildman–Crippen MR) is 112 cm³/mol. The maximum absolute atomic E-state index is 13.4. The first-order valence-electron chi connectivity index (χ1n) is 9.88.